The molecule has 0 heterocycles. The topological polar surface area (TPSA) is 59.1 Å². The third kappa shape index (κ3) is 2.95. The molecule has 1 aromatic carbocycles. The highest BCUT2D eigenvalue weighted by molar-refractivity contribution is 5.97. The van der Waals surface area contributed by atoms with E-state index < -0.39 is 5.82 Å². The van der Waals surface area contributed by atoms with E-state index in [4.69, 9.17) is 15.9 Å². The van der Waals surface area contributed by atoms with Gasteiger partial charge in [0.25, 0.3) is 0 Å². The highest BCUT2D eigenvalue weighted by Crippen LogP contribution is 2.22. The fraction of sp³-hybridized carbons (Fsp3) is 0.417. The molecule has 0 aromatic heterocycles. The van der Waals surface area contributed by atoms with Gasteiger partial charge in [-0.2, -0.15) is 0 Å². The highest BCUT2D eigenvalue weighted by atomic mass is 19.1. The van der Waals surface area contributed by atoms with Crippen molar-refractivity contribution in [1.82, 2.24) is 0 Å². The number of nitrogen functional groups attached to an aromatic ring is 1. The molecule has 0 saturated heterocycles. The lowest BCUT2D eigenvalue weighted by molar-refractivity contribution is 0.208. The van der Waals surface area contributed by atoms with Gasteiger partial charge >= 0.3 is 0 Å². The van der Waals surface area contributed by atoms with Crippen LogP contribution in [-0.2, 0) is 0 Å². The number of nitrogens with one attached hydrogen (secondary N) is 1. The van der Waals surface area contributed by atoms with Crippen LogP contribution in [0.3, 0.4) is 0 Å². The molecule has 0 spiro atoms. The zero-order chi connectivity index (χ0) is 12.1. The first kappa shape index (κ1) is 12.5. The van der Waals surface area contributed by atoms with E-state index in [0.717, 1.165) is 12.8 Å². The molecular weight excluding hydrogens is 207 g/mol. The largest absolute Gasteiger partial charge is 0.490 e. The van der Waals surface area contributed by atoms with Crippen LogP contribution in [0.25, 0.3) is 0 Å². The molecule has 3 N–H and O–H groups in total. The third-order valence-corrected chi connectivity index (χ3v) is 2.27. The summed E-state index contributed by atoms with van der Waals surface area (Å²) in [6.07, 6.45) is 1.87. The van der Waals surface area contributed by atoms with Crippen molar-refractivity contribution >= 4 is 5.84 Å². The molecule has 88 valence electrons. The SMILES string of the molecule is CCCC(C)Oc1cccc(F)c1C(=N)N. The number of nitrogens with two attached hydrogens (primary N) is 1. The maximum atomic E-state index is 13.4. The Morgan fingerprint density at radius 3 is 2.81 bits per heavy atom. The summed E-state index contributed by atoms with van der Waals surface area (Å²) in [6.45, 7) is 3.97. The lowest BCUT2D eigenvalue weighted by Crippen LogP contribution is -2.18. The Morgan fingerprint density at radius 1 is 1.56 bits per heavy atom. The lowest BCUT2D eigenvalue weighted by Gasteiger charge is -2.16. The maximum Gasteiger partial charge on any atom is 0.137 e. The first-order valence-electron chi connectivity index (χ1n) is 5.35. The molecule has 1 rings (SSSR count). The van der Waals surface area contributed by atoms with E-state index in [0.29, 0.717) is 5.75 Å². The lowest BCUT2D eigenvalue weighted by atomic mass is 10.1. The minimum absolute atomic E-state index is 0.00935. The summed E-state index contributed by atoms with van der Waals surface area (Å²) in [6, 6.07) is 4.45. The van der Waals surface area contributed by atoms with Crippen LogP contribution in [0, 0.1) is 11.2 Å². The standard InChI is InChI=1S/C12H17FN2O/c1-3-5-8(2)16-10-7-4-6-9(13)11(10)12(14)15/h4,6-8H,3,5H2,1-2H3,(H3,14,15). The summed E-state index contributed by atoms with van der Waals surface area (Å²) >= 11 is 0. The number of benzene rings is 1. The first-order chi connectivity index (χ1) is 7.56. The molecule has 3 nitrogen and oxygen atoms in total. The molecule has 4 heteroatoms. The number of amidine groups is 1. The zero-order valence-electron chi connectivity index (χ0n) is 9.59. The molecule has 0 fully saturated rings. The van der Waals surface area contributed by atoms with Crippen molar-refractivity contribution in [3.8, 4) is 5.75 Å². The average molecular weight is 224 g/mol. The summed E-state index contributed by atoms with van der Waals surface area (Å²) < 4.78 is 19.0. The van der Waals surface area contributed by atoms with Crippen LogP contribution in [0.5, 0.6) is 5.75 Å². The van der Waals surface area contributed by atoms with Crippen LogP contribution in [0.1, 0.15) is 32.3 Å². The van der Waals surface area contributed by atoms with Crippen LogP contribution in [0.15, 0.2) is 18.2 Å². The molecule has 0 radical (unpaired) electrons. The Labute approximate surface area is 94.9 Å². The minimum Gasteiger partial charge on any atom is -0.490 e. The van der Waals surface area contributed by atoms with Crippen LogP contribution in [0.4, 0.5) is 4.39 Å². The second-order valence-electron chi connectivity index (χ2n) is 3.74. The van der Waals surface area contributed by atoms with Gasteiger partial charge < -0.3 is 10.5 Å². The zero-order valence-corrected chi connectivity index (χ0v) is 9.59. The summed E-state index contributed by atoms with van der Waals surface area (Å²) in [5.74, 6) is -0.487. The van der Waals surface area contributed by atoms with E-state index >= 15 is 0 Å². The summed E-state index contributed by atoms with van der Waals surface area (Å²) in [5.41, 5.74) is 5.38. The monoisotopic (exact) mass is 224 g/mol. The summed E-state index contributed by atoms with van der Waals surface area (Å²) in [4.78, 5) is 0. The molecule has 0 aliphatic heterocycles. The van der Waals surface area contributed by atoms with Crippen molar-refractivity contribution in [2.24, 2.45) is 5.73 Å². The Balaban J connectivity index is 2.95. The van der Waals surface area contributed by atoms with Gasteiger partial charge in [-0.1, -0.05) is 19.4 Å². The molecule has 0 saturated carbocycles. The quantitative estimate of drug-likeness (QED) is 0.596. The fourth-order valence-electron chi connectivity index (χ4n) is 1.55. The Morgan fingerprint density at radius 2 is 2.25 bits per heavy atom. The van der Waals surface area contributed by atoms with Crippen molar-refractivity contribution in [2.75, 3.05) is 0 Å². The summed E-state index contributed by atoms with van der Waals surface area (Å²) in [7, 11) is 0. The number of rotatable bonds is 5. The van der Waals surface area contributed by atoms with E-state index in [2.05, 4.69) is 6.92 Å². The minimum atomic E-state index is -0.520. The Hall–Kier alpha value is -1.58. The second-order valence-corrected chi connectivity index (χ2v) is 3.74. The van der Waals surface area contributed by atoms with Crippen molar-refractivity contribution in [1.29, 1.82) is 5.41 Å². The average Bonchev–Trinajstić information content (AvgIpc) is 2.17. The summed E-state index contributed by atoms with van der Waals surface area (Å²) in [5, 5.41) is 7.32. The van der Waals surface area contributed by atoms with Crippen molar-refractivity contribution < 1.29 is 9.13 Å². The molecule has 0 amide bonds. The van der Waals surface area contributed by atoms with Gasteiger partial charge in [-0.25, -0.2) is 4.39 Å². The van der Waals surface area contributed by atoms with Gasteiger partial charge in [0.15, 0.2) is 0 Å². The number of ether oxygens (including phenoxy) is 1. The highest BCUT2D eigenvalue weighted by Gasteiger charge is 2.14. The molecule has 1 aromatic rings. The van der Waals surface area contributed by atoms with Crippen LogP contribution in [-0.4, -0.2) is 11.9 Å². The van der Waals surface area contributed by atoms with Crippen molar-refractivity contribution in [3.63, 3.8) is 0 Å². The number of halogens is 1. The smallest absolute Gasteiger partial charge is 0.137 e. The molecule has 0 bridgehead atoms. The number of hydrogen-bond acceptors (Lipinski definition) is 2. The van der Waals surface area contributed by atoms with Crippen LogP contribution >= 0.6 is 0 Å². The first-order valence-corrected chi connectivity index (χ1v) is 5.35. The molecule has 1 atom stereocenters. The predicted molar refractivity (Wildman–Crippen MR) is 62.4 cm³/mol. The van der Waals surface area contributed by atoms with E-state index in [1.807, 2.05) is 6.92 Å². The molecular formula is C12H17FN2O. The normalized spacial score (nSPS) is 12.2. The Bertz CT molecular complexity index is 379. The maximum absolute atomic E-state index is 13.4. The molecule has 1 unspecified atom stereocenters. The third-order valence-electron chi connectivity index (χ3n) is 2.27. The molecule has 0 aliphatic carbocycles. The van der Waals surface area contributed by atoms with Gasteiger partial charge in [-0.05, 0) is 25.5 Å². The van der Waals surface area contributed by atoms with Crippen molar-refractivity contribution in [2.45, 2.75) is 32.8 Å². The van der Waals surface area contributed by atoms with E-state index in [9.17, 15) is 4.39 Å². The fourth-order valence-corrected chi connectivity index (χ4v) is 1.55. The van der Waals surface area contributed by atoms with E-state index in [1.165, 1.54) is 6.07 Å². The second kappa shape index (κ2) is 5.49. The number of hydrogen-bond donors (Lipinski definition) is 2. The van der Waals surface area contributed by atoms with Gasteiger partial charge in [0, 0.05) is 0 Å². The van der Waals surface area contributed by atoms with Gasteiger partial charge in [0.2, 0.25) is 0 Å². The Kier molecular flexibility index (Phi) is 4.28. The van der Waals surface area contributed by atoms with Gasteiger partial charge in [0.1, 0.15) is 17.4 Å². The van der Waals surface area contributed by atoms with Gasteiger partial charge in [0.05, 0.1) is 11.7 Å². The van der Waals surface area contributed by atoms with Gasteiger partial charge in [-0.15, -0.1) is 0 Å². The predicted octanol–water partition coefficient (Wildman–Crippen LogP) is 2.68. The van der Waals surface area contributed by atoms with E-state index in [1.54, 1.807) is 12.1 Å². The van der Waals surface area contributed by atoms with Crippen LogP contribution < -0.4 is 10.5 Å². The van der Waals surface area contributed by atoms with Crippen LogP contribution in [0.2, 0.25) is 0 Å². The molecule has 16 heavy (non-hydrogen) atoms. The molecule has 0 aliphatic rings. The van der Waals surface area contributed by atoms with E-state index in [-0.39, 0.29) is 17.5 Å². The van der Waals surface area contributed by atoms with Gasteiger partial charge in [-0.3, -0.25) is 5.41 Å². The van der Waals surface area contributed by atoms with Crippen molar-refractivity contribution in [3.05, 3.63) is 29.6 Å².